The lowest BCUT2D eigenvalue weighted by Gasteiger charge is -2.24. The number of carbonyl (C=O) groups excluding carboxylic acids is 1. The average Bonchev–Trinajstić information content (AvgIpc) is 2.37. The summed E-state index contributed by atoms with van der Waals surface area (Å²) in [5, 5.41) is 2.86. The molecule has 3 nitrogen and oxygen atoms in total. The van der Waals surface area contributed by atoms with E-state index in [0.717, 1.165) is 12.8 Å². The molecular formula is C15H23FN2O. The molecule has 0 aliphatic carbocycles. The molecule has 106 valence electrons. The van der Waals surface area contributed by atoms with Crippen molar-refractivity contribution in [1.82, 2.24) is 5.32 Å². The number of nitrogens with two attached hydrogens (primary N) is 1. The van der Waals surface area contributed by atoms with Crippen LogP contribution in [0.4, 0.5) is 4.39 Å². The van der Waals surface area contributed by atoms with Crippen molar-refractivity contribution in [3.8, 4) is 0 Å². The second-order valence-electron chi connectivity index (χ2n) is 5.60. The number of amides is 1. The number of hydrogen-bond acceptors (Lipinski definition) is 2. The van der Waals surface area contributed by atoms with Gasteiger partial charge in [0.05, 0.1) is 6.42 Å². The molecule has 0 heterocycles. The lowest BCUT2D eigenvalue weighted by molar-refractivity contribution is -0.120. The summed E-state index contributed by atoms with van der Waals surface area (Å²) in [6.45, 7) is 5.42. The minimum absolute atomic E-state index is 0.0181. The summed E-state index contributed by atoms with van der Waals surface area (Å²) in [6, 6.07) is 6.35. The highest BCUT2D eigenvalue weighted by Crippen LogP contribution is 2.20. The maximum absolute atomic E-state index is 13.4. The van der Waals surface area contributed by atoms with Crippen molar-refractivity contribution in [1.29, 1.82) is 0 Å². The van der Waals surface area contributed by atoms with Crippen molar-refractivity contribution >= 4 is 5.91 Å². The van der Waals surface area contributed by atoms with Gasteiger partial charge in [-0.25, -0.2) is 4.39 Å². The first-order valence-corrected chi connectivity index (χ1v) is 6.65. The first-order chi connectivity index (χ1) is 8.94. The maximum atomic E-state index is 13.4. The van der Waals surface area contributed by atoms with E-state index in [9.17, 15) is 9.18 Å². The van der Waals surface area contributed by atoms with E-state index in [1.54, 1.807) is 18.2 Å². The molecule has 0 radical (unpaired) electrons. The monoisotopic (exact) mass is 266 g/mol. The van der Waals surface area contributed by atoms with Crippen LogP contribution < -0.4 is 11.1 Å². The fraction of sp³-hybridized carbons (Fsp3) is 0.533. The molecule has 4 heteroatoms. The Morgan fingerprint density at radius 1 is 1.37 bits per heavy atom. The van der Waals surface area contributed by atoms with Gasteiger partial charge in [0.25, 0.3) is 0 Å². The fourth-order valence-corrected chi connectivity index (χ4v) is 1.88. The van der Waals surface area contributed by atoms with Crippen molar-refractivity contribution in [2.45, 2.75) is 33.1 Å². The van der Waals surface area contributed by atoms with Crippen LogP contribution in [0.15, 0.2) is 24.3 Å². The molecule has 0 aliphatic rings. The van der Waals surface area contributed by atoms with Crippen molar-refractivity contribution in [2.75, 3.05) is 13.1 Å². The first kappa shape index (κ1) is 15.6. The van der Waals surface area contributed by atoms with E-state index in [0.29, 0.717) is 18.7 Å². The van der Waals surface area contributed by atoms with Crippen molar-refractivity contribution in [3.63, 3.8) is 0 Å². The Morgan fingerprint density at radius 3 is 2.68 bits per heavy atom. The van der Waals surface area contributed by atoms with E-state index in [1.807, 2.05) is 0 Å². The molecule has 0 atom stereocenters. The van der Waals surface area contributed by atoms with Crippen LogP contribution in [0.2, 0.25) is 0 Å². The number of halogens is 1. The van der Waals surface area contributed by atoms with Crippen molar-refractivity contribution < 1.29 is 9.18 Å². The predicted octanol–water partition coefficient (Wildman–Crippen LogP) is 2.25. The zero-order valence-corrected chi connectivity index (χ0v) is 11.7. The number of carbonyl (C=O) groups is 1. The van der Waals surface area contributed by atoms with Gasteiger partial charge in [0, 0.05) is 6.54 Å². The largest absolute Gasteiger partial charge is 0.355 e. The molecule has 0 spiro atoms. The van der Waals surface area contributed by atoms with E-state index in [1.165, 1.54) is 6.07 Å². The molecule has 0 aliphatic heterocycles. The zero-order valence-electron chi connectivity index (χ0n) is 11.7. The predicted molar refractivity (Wildman–Crippen MR) is 75.2 cm³/mol. The van der Waals surface area contributed by atoms with Crippen molar-refractivity contribution in [3.05, 3.63) is 35.6 Å². The van der Waals surface area contributed by atoms with Crippen LogP contribution in [0.5, 0.6) is 0 Å². The molecule has 1 amide bonds. The summed E-state index contributed by atoms with van der Waals surface area (Å²) in [5.74, 6) is -0.481. The SMILES string of the molecule is CC(C)(CCCN)CNC(=O)Cc1ccccc1F. The van der Waals surface area contributed by atoms with Gasteiger partial charge in [-0.1, -0.05) is 32.0 Å². The molecule has 3 N–H and O–H groups in total. The molecule has 0 saturated heterocycles. The Labute approximate surface area is 114 Å². The molecule has 0 bridgehead atoms. The maximum Gasteiger partial charge on any atom is 0.224 e. The van der Waals surface area contributed by atoms with E-state index < -0.39 is 0 Å². The summed E-state index contributed by atoms with van der Waals surface area (Å²) >= 11 is 0. The van der Waals surface area contributed by atoms with Crippen LogP contribution in [-0.4, -0.2) is 19.0 Å². The molecule has 1 aromatic rings. The number of hydrogen-bond donors (Lipinski definition) is 2. The fourth-order valence-electron chi connectivity index (χ4n) is 1.88. The van der Waals surface area contributed by atoms with Gasteiger partial charge in [0.2, 0.25) is 5.91 Å². The zero-order chi connectivity index (χ0) is 14.3. The second kappa shape index (κ2) is 7.24. The Morgan fingerprint density at radius 2 is 2.05 bits per heavy atom. The van der Waals surface area contributed by atoms with Gasteiger partial charge in [-0.05, 0) is 36.4 Å². The summed E-state index contributed by atoms with van der Waals surface area (Å²) < 4.78 is 13.4. The highest BCUT2D eigenvalue weighted by Gasteiger charge is 2.18. The summed E-state index contributed by atoms with van der Waals surface area (Å²) in [4.78, 5) is 11.8. The first-order valence-electron chi connectivity index (χ1n) is 6.65. The van der Waals surface area contributed by atoms with E-state index in [2.05, 4.69) is 19.2 Å². The van der Waals surface area contributed by atoms with Crippen LogP contribution >= 0.6 is 0 Å². The van der Waals surface area contributed by atoms with Gasteiger partial charge >= 0.3 is 0 Å². The van der Waals surface area contributed by atoms with Crippen LogP contribution in [0, 0.1) is 11.2 Å². The van der Waals surface area contributed by atoms with Crippen molar-refractivity contribution in [2.24, 2.45) is 11.1 Å². The minimum atomic E-state index is -0.333. The summed E-state index contributed by atoms with van der Waals surface area (Å²) in [6.07, 6.45) is 1.99. The van der Waals surface area contributed by atoms with Crippen LogP contribution in [0.1, 0.15) is 32.3 Å². The molecule has 1 rings (SSSR count). The Kier molecular flexibility index (Phi) is 5.96. The van der Waals surface area contributed by atoms with Gasteiger partial charge in [0.15, 0.2) is 0 Å². The smallest absolute Gasteiger partial charge is 0.224 e. The molecule has 0 saturated carbocycles. The Hall–Kier alpha value is -1.42. The third kappa shape index (κ3) is 5.83. The highest BCUT2D eigenvalue weighted by molar-refractivity contribution is 5.78. The number of nitrogens with one attached hydrogen (secondary N) is 1. The van der Waals surface area contributed by atoms with E-state index >= 15 is 0 Å². The quantitative estimate of drug-likeness (QED) is 0.795. The van der Waals surface area contributed by atoms with Crippen LogP contribution in [0.25, 0.3) is 0 Å². The highest BCUT2D eigenvalue weighted by atomic mass is 19.1. The van der Waals surface area contributed by atoms with Gasteiger partial charge in [-0.3, -0.25) is 4.79 Å². The minimum Gasteiger partial charge on any atom is -0.355 e. The van der Waals surface area contributed by atoms with Gasteiger partial charge < -0.3 is 11.1 Å². The lowest BCUT2D eigenvalue weighted by Crippen LogP contribution is -2.35. The van der Waals surface area contributed by atoms with Crippen LogP contribution in [-0.2, 0) is 11.2 Å². The molecular weight excluding hydrogens is 243 g/mol. The third-order valence-corrected chi connectivity index (χ3v) is 3.13. The molecule has 0 fully saturated rings. The van der Waals surface area contributed by atoms with Gasteiger partial charge in [0.1, 0.15) is 5.82 Å². The lowest BCUT2D eigenvalue weighted by atomic mass is 9.87. The number of rotatable bonds is 7. The van der Waals surface area contributed by atoms with Gasteiger partial charge in [-0.2, -0.15) is 0 Å². The summed E-state index contributed by atoms with van der Waals surface area (Å²) in [7, 11) is 0. The third-order valence-electron chi connectivity index (χ3n) is 3.13. The second-order valence-corrected chi connectivity index (χ2v) is 5.60. The topological polar surface area (TPSA) is 55.1 Å². The standard InChI is InChI=1S/C15H23FN2O/c1-15(2,8-5-9-17)11-18-14(19)10-12-6-3-4-7-13(12)16/h3-4,6-7H,5,8-11,17H2,1-2H3,(H,18,19). The summed E-state index contributed by atoms with van der Waals surface area (Å²) in [5.41, 5.74) is 5.93. The normalized spacial score (nSPS) is 11.4. The number of benzene rings is 1. The molecule has 0 unspecified atom stereocenters. The molecule has 19 heavy (non-hydrogen) atoms. The average molecular weight is 266 g/mol. The molecule has 0 aromatic heterocycles. The Bertz CT molecular complexity index is 418. The Balaban J connectivity index is 2.42. The van der Waals surface area contributed by atoms with Crippen LogP contribution in [0.3, 0.4) is 0 Å². The molecule has 1 aromatic carbocycles. The van der Waals surface area contributed by atoms with E-state index in [-0.39, 0.29) is 23.6 Å². The van der Waals surface area contributed by atoms with E-state index in [4.69, 9.17) is 5.73 Å². The van der Waals surface area contributed by atoms with Gasteiger partial charge in [-0.15, -0.1) is 0 Å².